The molecule has 16 heavy (non-hydrogen) atoms. The van der Waals surface area contributed by atoms with Gasteiger partial charge in [0.25, 0.3) is 0 Å². The molecule has 0 amide bonds. The summed E-state index contributed by atoms with van der Waals surface area (Å²) in [5.41, 5.74) is 0.168. The zero-order valence-corrected chi connectivity index (χ0v) is 10.9. The zero-order valence-electron chi connectivity index (χ0n) is 9.33. The average molecular weight is 262 g/mol. The van der Waals surface area contributed by atoms with E-state index in [-0.39, 0.29) is 10.6 Å². The molecule has 5 heteroatoms. The molecule has 1 aromatic rings. The maximum absolute atomic E-state index is 13.3. The van der Waals surface area contributed by atoms with Crippen molar-refractivity contribution in [1.29, 1.82) is 0 Å². The van der Waals surface area contributed by atoms with Crippen LogP contribution in [0.3, 0.4) is 0 Å². The minimum absolute atomic E-state index is 0.168. The van der Waals surface area contributed by atoms with Crippen molar-refractivity contribution >= 4 is 28.8 Å². The van der Waals surface area contributed by atoms with E-state index in [1.807, 2.05) is 0 Å². The van der Waals surface area contributed by atoms with Crippen molar-refractivity contribution < 1.29 is 8.60 Å². The fourth-order valence-corrected chi connectivity index (χ4v) is 1.62. The Labute approximate surface area is 102 Å². The van der Waals surface area contributed by atoms with Gasteiger partial charge in [-0.05, 0) is 32.9 Å². The second kappa shape index (κ2) is 5.06. The topological polar surface area (TPSA) is 29.4 Å². The van der Waals surface area contributed by atoms with Crippen LogP contribution in [0.15, 0.2) is 22.6 Å². The molecule has 88 valence electrons. The van der Waals surface area contributed by atoms with Crippen molar-refractivity contribution in [3.63, 3.8) is 0 Å². The molecule has 0 heterocycles. The summed E-state index contributed by atoms with van der Waals surface area (Å²) >= 11 is 5.80. The Morgan fingerprint density at radius 3 is 2.56 bits per heavy atom. The summed E-state index contributed by atoms with van der Waals surface area (Å²) in [5.74, 6) is -0.470. The standard InChI is InChI=1S/C11H13ClFNOS/c1-11(2,3)16(15)14-7-8-9(12)5-4-6-10(8)13/h4-7H,1-3H3/b14-7+/t16-/m1/s1. The maximum atomic E-state index is 13.3. The smallest absolute Gasteiger partial charge is 0.144 e. The van der Waals surface area contributed by atoms with Gasteiger partial charge in [0.05, 0.1) is 9.77 Å². The van der Waals surface area contributed by atoms with E-state index in [0.29, 0.717) is 0 Å². The van der Waals surface area contributed by atoms with Crippen molar-refractivity contribution in [2.24, 2.45) is 4.40 Å². The molecule has 0 aliphatic rings. The highest BCUT2D eigenvalue weighted by atomic mass is 35.5. The number of hydrogen-bond acceptors (Lipinski definition) is 1. The summed E-state index contributed by atoms with van der Waals surface area (Å²) in [7, 11) is -1.41. The lowest BCUT2D eigenvalue weighted by Crippen LogP contribution is -2.19. The molecule has 2 nitrogen and oxygen atoms in total. The van der Waals surface area contributed by atoms with Crippen LogP contribution in [0.1, 0.15) is 26.3 Å². The molecule has 0 radical (unpaired) electrons. The first-order chi connectivity index (χ1) is 7.32. The van der Waals surface area contributed by atoms with Crippen LogP contribution in [-0.4, -0.2) is 15.2 Å². The van der Waals surface area contributed by atoms with Crippen molar-refractivity contribution in [2.75, 3.05) is 0 Å². The number of rotatable bonds is 2. The van der Waals surface area contributed by atoms with E-state index in [2.05, 4.69) is 4.40 Å². The number of hydrogen-bond donors (Lipinski definition) is 0. The van der Waals surface area contributed by atoms with Gasteiger partial charge in [-0.1, -0.05) is 17.7 Å². The second-order valence-corrected chi connectivity index (χ2v) is 6.57. The lowest BCUT2D eigenvalue weighted by molar-refractivity contribution is 0.626. The normalized spacial score (nSPS) is 14.3. The van der Waals surface area contributed by atoms with Crippen molar-refractivity contribution in [3.05, 3.63) is 34.6 Å². The molecule has 0 N–H and O–H groups in total. The highest BCUT2D eigenvalue weighted by Gasteiger charge is 2.18. The van der Waals surface area contributed by atoms with Gasteiger partial charge >= 0.3 is 0 Å². The Morgan fingerprint density at radius 2 is 2.06 bits per heavy atom. The first-order valence-corrected chi connectivity index (χ1v) is 6.21. The Morgan fingerprint density at radius 1 is 1.44 bits per heavy atom. The predicted octanol–water partition coefficient (Wildman–Crippen LogP) is 3.36. The average Bonchev–Trinajstić information content (AvgIpc) is 2.15. The molecule has 0 spiro atoms. The molecule has 1 aromatic carbocycles. The van der Waals surface area contributed by atoms with E-state index in [1.165, 1.54) is 18.3 Å². The first-order valence-electron chi connectivity index (χ1n) is 4.72. The van der Waals surface area contributed by atoms with E-state index in [0.717, 1.165) is 0 Å². The molecule has 0 fully saturated rings. The lowest BCUT2D eigenvalue weighted by atomic mass is 10.2. The fourth-order valence-electron chi connectivity index (χ4n) is 0.893. The summed E-state index contributed by atoms with van der Waals surface area (Å²) in [6.45, 7) is 5.39. The molecule has 0 unspecified atom stereocenters. The van der Waals surface area contributed by atoms with E-state index in [4.69, 9.17) is 11.6 Å². The van der Waals surface area contributed by atoms with Gasteiger partial charge in [-0.25, -0.2) is 8.60 Å². The Hall–Kier alpha value is -0.740. The summed E-state index contributed by atoms with van der Waals surface area (Å²) in [4.78, 5) is 0. The van der Waals surface area contributed by atoms with Crippen LogP contribution in [0.5, 0.6) is 0 Å². The molecule has 0 saturated carbocycles. The summed E-state index contributed by atoms with van der Waals surface area (Å²) in [6, 6.07) is 4.36. The SMILES string of the molecule is CC(C)(C)[S@@](=O)/N=C/c1c(F)cccc1Cl. The lowest BCUT2D eigenvalue weighted by Gasteiger charge is -2.12. The molecule has 1 rings (SSSR count). The monoisotopic (exact) mass is 261 g/mol. The Kier molecular flexibility index (Phi) is 4.21. The van der Waals surface area contributed by atoms with Crippen molar-refractivity contribution in [3.8, 4) is 0 Å². The highest BCUT2D eigenvalue weighted by Crippen LogP contribution is 2.18. The summed E-state index contributed by atoms with van der Waals surface area (Å²) in [5, 5.41) is 0.259. The Bertz CT molecular complexity index is 420. The van der Waals surface area contributed by atoms with E-state index >= 15 is 0 Å². The molecule has 0 aromatic heterocycles. The largest absolute Gasteiger partial charge is 0.234 e. The third-order valence-corrected chi connectivity index (χ3v) is 3.48. The number of halogens is 2. The minimum Gasteiger partial charge on any atom is -0.234 e. The van der Waals surface area contributed by atoms with Crippen LogP contribution in [0, 0.1) is 5.82 Å². The first kappa shape index (κ1) is 13.3. The molecular formula is C11H13ClFNOS. The van der Waals surface area contributed by atoms with Gasteiger partial charge in [-0.15, -0.1) is 0 Å². The van der Waals surface area contributed by atoms with Crippen molar-refractivity contribution in [1.82, 2.24) is 0 Å². The summed E-state index contributed by atoms with van der Waals surface area (Å²) in [6.07, 6.45) is 1.22. The molecule has 0 bridgehead atoms. The quantitative estimate of drug-likeness (QED) is 0.751. The van der Waals surface area contributed by atoms with E-state index in [9.17, 15) is 8.60 Å². The second-order valence-electron chi connectivity index (χ2n) is 4.23. The van der Waals surface area contributed by atoms with Crippen LogP contribution < -0.4 is 0 Å². The fraction of sp³-hybridized carbons (Fsp3) is 0.364. The number of nitrogens with zero attached hydrogens (tertiary/aromatic N) is 1. The van der Waals surface area contributed by atoms with Gasteiger partial charge in [0.1, 0.15) is 16.8 Å². The summed E-state index contributed by atoms with van der Waals surface area (Å²) < 4.78 is 28.3. The van der Waals surface area contributed by atoms with Crippen LogP contribution in [0.2, 0.25) is 5.02 Å². The van der Waals surface area contributed by atoms with Gasteiger partial charge in [-0.2, -0.15) is 4.40 Å². The van der Waals surface area contributed by atoms with E-state index in [1.54, 1.807) is 26.8 Å². The van der Waals surface area contributed by atoms with Gasteiger partial charge in [0.2, 0.25) is 0 Å². The van der Waals surface area contributed by atoms with Crippen LogP contribution >= 0.6 is 11.6 Å². The van der Waals surface area contributed by atoms with Gasteiger partial charge in [-0.3, -0.25) is 0 Å². The van der Waals surface area contributed by atoms with Gasteiger partial charge < -0.3 is 0 Å². The highest BCUT2D eigenvalue weighted by molar-refractivity contribution is 7.85. The third kappa shape index (κ3) is 3.39. The molecular weight excluding hydrogens is 249 g/mol. The molecule has 0 aliphatic heterocycles. The van der Waals surface area contributed by atoms with E-state index < -0.39 is 21.5 Å². The number of benzene rings is 1. The molecule has 0 aliphatic carbocycles. The Balaban J connectivity index is 2.98. The molecule has 0 saturated heterocycles. The van der Waals surface area contributed by atoms with Crippen LogP contribution in [0.25, 0.3) is 0 Å². The minimum atomic E-state index is -1.41. The van der Waals surface area contributed by atoms with Crippen LogP contribution in [-0.2, 0) is 11.0 Å². The third-order valence-electron chi connectivity index (χ3n) is 1.80. The van der Waals surface area contributed by atoms with Gasteiger partial charge in [0.15, 0.2) is 0 Å². The van der Waals surface area contributed by atoms with Gasteiger partial charge in [0, 0.05) is 11.8 Å². The predicted molar refractivity (Wildman–Crippen MR) is 66.9 cm³/mol. The molecule has 1 atom stereocenters. The zero-order chi connectivity index (χ0) is 12.3. The van der Waals surface area contributed by atoms with Crippen molar-refractivity contribution in [2.45, 2.75) is 25.5 Å². The maximum Gasteiger partial charge on any atom is 0.144 e. The van der Waals surface area contributed by atoms with Crippen LogP contribution in [0.4, 0.5) is 4.39 Å².